The minimum absolute atomic E-state index is 0.0395. The maximum atomic E-state index is 12.6. The molecule has 1 amide bonds. The Morgan fingerprint density at radius 1 is 1.48 bits per heavy atom. The van der Waals surface area contributed by atoms with Crippen molar-refractivity contribution in [2.75, 3.05) is 18.1 Å². The Labute approximate surface area is 137 Å². The maximum Gasteiger partial charge on any atom is 0.255 e. The van der Waals surface area contributed by atoms with E-state index < -0.39 is 9.84 Å². The number of nitrogens with zero attached hydrogens (tertiary/aromatic N) is 1. The van der Waals surface area contributed by atoms with Gasteiger partial charge in [0, 0.05) is 21.1 Å². The third-order valence-corrected chi connectivity index (χ3v) is 5.71. The van der Waals surface area contributed by atoms with E-state index in [0.29, 0.717) is 21.5 Å². The molecule has 0 radical (unpaired) electrons. The molecular formula is C14H13BrClNO3S. The molecular weight excluding hydrogens is 378 g/mol. The first-order valence-corrected chi connectivity index (χ1v) is 9.22. The van der Waals surface area contributed by atoms with Crippen molar-refractivity contribution in [1.82, 2.24) is 4.90 Å². The summed E-state index contributed by atoms with van der Waals surface area (Å²) >= 11 is 9.22. The number of terminal acetylenes is 1. The van der Waals surface area contributed by atoms with E-state index in [1.165, 1.54) is 4.90 Å². The maximum absolute atomic E-state index is 12.6. The van der Waals surface area contributed by atoms with Crippen molar-refractivity contribution in [1.29, 1.82) is 0 Å². The van der Waals surface area contributed by atoms with Crippen molar-refractivity contribution >= 4 is 43.3 Å². The van der Waals surface area contributed by atoms with Crippen molar-refractivity contribution in [3.05, 3.63) is 33.3 Å². The molecule has 1 saturated heterocycles. The molecule has 4 nitrogen and oxygen atoms in total. The fourth-order valence-electron chi connectivity index (χ4n) is 2.33. The van der Waals surface area contributed by atoms with E-state index >= 15 is 0 Å². The van der Waals surface area contributed by atoms with Crippen molar-refractivity contribution in [2.45, 2.75) is 12.5 Å². The Bertz CT molecular complexity index is 691. The van der Waals surface area contributed by atoms with Crippen molar-refractivity contribution in [3.63, 3.8) is 0 Å². The summed E-state index contributed by atoms with van der Waals surface area (Å²) in [5.41, 5.74) is 0.383. The first kappa shape index (κ1) is 16.3. The van der Waals surface area contributed by atoms with Gasteiger partial charge in [0.05, 0.1) is 18.1 Å². The molecule has 1 aromatic rings. The Kier molecular flexibility index (Phi) is 4.97. The van der Waals surface area contributed by atoms with Gasteiger partial charge < -0.3 is 4.90 Å². The van der Waals surface area contributed by atoms with Gasteiger partial charge in [-0.1, -0.05) is 33.5 Å². The van der Waals surface area contributed by atoms with Gasteiger partial charge in [-0.25, -0.2) is 8.42 Å². The van der Waals surface area contributed by atoms with Gasteiger partial charge in [-0.3, -0.25) is 4.79 Å². The Morgan fingerprint density at radius 3 is 2.71 bits per heavy atom. The van der Waals surface area contributed by atoms with E-state index in [-0.39, 0.29) is 30.0 Å². The molecule has 0 aromatic heterocycles. The zero-order valence-electron chi connectivity index (χ0n) is 11.1. The number of carbonyl (C=O) groups is 1. The van der Waals surface area contributed by atoms with Crippen LogP contribution in [0.1, 0.15) is 16.8 Å². The number of hydrogen-bond donors (Lipinski definition) is 0. The van der Waals surface area contributed by atoms with Gasteiger partial charge in [0.1, 0.15) is 0 Å². The third kappa shape index (κ3) is 4.00. The number of benzene rings is 1. The number of halogens is 2. The van der Waals surface area contributed by atoms with Crippen LogP contribution in [0.3, 0.4) is 0 Å². The largest absolute Gasteiger partial charge is 0.323 e. The van der Waals surface area contributed by atoms with E-state index in [2.05, 4.69) is 21.9 Å². The van der Waals surface area contributed by atoms with Gasteiger partial charge in [-0.05, 0) is 24.6 Å². The molecule has 0 saturated carbocycles. The van der Waals surface area contributed by atoms with Crippen LogP contribution in [0.25, 0.3) is 0 Å². The van der Waals surface area contributed by atoms with Crippen molar-refractivity contribution < 1.29 is 13.2 Å². The summed E-state index contributed by atoms with van der Waals surface area (Å²) in [5.74, 6) is 2.16. The van der Waals surface area contributed by atoms with Crippen LogP contribution < -0.4 is 0 Å². The van der Waals surface area contributed by atoms with Crippen LogP contribution in [0.4, 0.5) is 0 Å². The molecule has 21 heavy (non-hydrogen) atoms. The highest BCUT2D eigenvalue weighted by atomic mass is 79.9. The summed E-state index contributed by atoms with van der Waals surface area (Å²) in [5, 5.41) is 0.424. The predicted octanol–water partition coefficient (Wildman–Crippen LogP) is 2.37. The minimum atomic E-state index is -3.09. The molecule has 1 heterocycles. The van der Waals surface area contributed by atoms with Gasteiger partial charge in [0.15, 0.2) is 9.84 Å². The Morgan fingerprint density at radius 2 is 2.19 bits per heavy atom. The zero-order valence-corrected chi connectivity index (χ0v) is 14.2. The van der Waals surface area contributed by atoms with Crippen LogP contribution in [0.2, 0.25) is 5.02 Å². The summed E-state index contributed by atoms with van der Waals surface area (Å²) in [6, 6.07) is 4.48. The molecule has 2 rings (SSSR count). The van der Waals surface area contributed by atoms with Crippen LogP contribution in [0.5, 0.6) is 0 Å². The normalized spacial score (nSPS) is 20.0. The first-order valence-electron chi connectivity index (χ1n) is 6.23. The van der Waals surface area contributed by atoms with Crippen LogP contribution in [0, 0.1) is 12.3 Å². The smallest absolute Gasteiger partial charge is 0.255 e. The monoisotopic (exact) mass is 389 g/mol. The van der Waals surface area contributed by atoms with Crippen LogP contribution in [-0.4, -0.2) is 43.3 Å². The van der Waals surface area contributed by atoms with Crippen molar-refractivity contribution in [3.8, 4) is 12.3 Å². The lowest BCUT2D eigenvalue weighted by molar-refractivity contribution is 0.0724. The molecule has 1 fully saturated rings. The summed E-state index contributed by atoms with van der Waals surface area (Å²) < 4.78 is 23.9. The average Bonchev–Trinajstić information content (AvgIpc) is 2.74. The van der Waals surface area contributed by atoms with Crippen LogP contribution in [-0.2, 0) is 9.84 Å². The fourth-order valence-corrected chi connectivity index (χ4v) is 4.92. The lowest BCUT2D eigenvalue weighted by Gasteiger charge is -2.26. The number of hydrogen-bond acceptors (Lipinski definition) is 3. The van der Waals surface area contributed by atoms with Crippen molar-refractivity contribution in [2.24, 2.45) is 0 Å². The molecule has 7 heteroatoms. The van der Waals surface area contributed by atoms with Gasteiger partial charge in [-0.2, -0.15) is 0 Å². The highest BCUT2D eigenvalue weighted by Crippen LogP contribution is 2.24. The molecule has 0 bridgehead atoms. The molecule has 0 aliphatic carbocycles. The first-order chi connectivity index (χ1) is 9.82. The fraction of sp³-hybridized carbons (Fsp3) is 0.357. The molecule has 0 spiro atoms. The second kappa shape index (κ2) is 6.39. The molecule has 1 atom stereocenters. The number of sulfone groups is 1. The third-order valence-electron chi connectivity index (χ3n) is 3.28. The second-order valence-corrected chi connectivity index (χ2v) is 8.43. The summed E-state index contributed by atoms with van der Waals surface area (Å²) in [6.07, 6.45) is 5.73. The standard InChI is InChI=1S/C14H13BrClNO3S/c1-2-4-17(13-3-5-21(19,20)9-13)14(18)10-6-11(15)8-12(16)7-10/h1,6-8,13H,3-5,9H2. The quantitative estimate of drug-likeness (QED) is 0.745. The van der Waals surface area contributed by atoms with Gasteiger partial charge in [-0.15, -0.1) is 6.42 Å². The summed E-state index contributed by atoms with van der Waals surface area (Å²) in [7, 11) is -3.09. The lowest BCUT2D eigenvalue weighted by Crippen LogP contribution is -2.41. The van der Waals surface area contributed by atoms with Crippen LogP contribution in [0.15, 0.2) is 22.7 Å². The number of carbonyl (C=O) groups excluding carboxylic acids is 1. The predicted molar refractivity (Wildman–Crippen MR) is 86.1 cm³/mol. The Balaban J connectivity index is 2.30. The van der Waals surface area contributed by atoms with Gasteiger partial charge >= 0.3 is 0 Å². The molecule has 1 aliphatic heterocycles. The highest BCUT2D eigenvalue weighted by molar-refractivity contribution is 9.10. The van der Waals surface area contributed by atoms with E-state index in [4.69, 9.17) is 18.0 Å². The highest BCUT2D eigenvalue weighted by Gasteiger charge is 2.34. The molecule has 1 aromatic carbocycles. The Hall–Kier alpha value is -1.03. The van der Waals surface area contributed by atoms with Gasteiger partial charge in [0.2, 0.25) is 0 Å². The molecule has 1 aliphatic rings. The minimum Gasteiger partial charge on any atom is -0.323 e. The van der Waals surface area contributed by atoms with E-state index in [1.54, 1.807) is 18.2 Å². The van der Waals surface area contributed by atoms with Gasteiger partial charge in [0.25, 0.3) is 5.91 Å². The second-order valence-electron chi connectivity index (χ2n) is 4.85. The van der Waals surface area contributed by atoms with E-state index in [9.17, 15) is 13.2 Å². The molecule has 112 valence electrons. The summed E-state index contributed by atoms with van der Waals surface area (Å²) in [4.78, 5) is 14.0. The number of rotatable bonds is 3. The SMILES string of the molecule is C#CCN(C(=O)c1cc(Cl)cc(Br)c1)C1CCS(=O)(=O)C1. The van der Waals surface area contributed by atoms with Crippen LogP contribution >= 0.6 is 27.5 Å². The average molecular weight is 391 g/mol. The van der Waals surface area contributed by atoms with E-state index in [0.717, 1.165) is 0 Å². The topological polar surface area (TPSA) is 54.5 Å². The number of amides is 1. The lowest BCUT2D eigenvalue weighted by atomic mass is 10.1. The summed E-state index contributed by atoms with van der Waals surface area (Å²) in [6.45, 7) is 0.0726. The molecule has 0 N–H and O–H groups in total. The molecule has 1 unspecified atom stereocenters. The van der Waals surface area contributed by atoms with E-state index in [1.807, 2.05) is 0 Å². The zero-order chi connectivity index (χ0) is 15.6.